The molecule has 0 bridgehead atoms. The van der Waals surface area contributed by atoms with E-state index in [1.807, 2.05) is 6.07 Å². The summed E-state index contributed by atoms with van der Waals surface area (Å²) in [4.78, 5) is 23.8. The second-order valence-electron chi connectivity index (χ2n) is 4.32. The van der Waals surface area contributed by atoms with E-state index in [1.54, 1.807) is 25.2 Å². The Hall–Kier alpha value is -2.04. The quantitative estimate of drug-likeness (QED) is 0.786. The Morgan fingerprint density at radius 2 is 1.89 bits per heavy atom. The summed E-state index contributed by atoms with van der Waals surface area (Å²) >= 11 is 0. The van der Waals surface area contributed by atoms with Crippen LogP contribution in [-0.2, 0) is 9.59 Å². The minimum Gasteiger partial charge on any atom is -0.495 e. The summed E-state index contributed by atoms with van der Waals surface area (Å²) in [6.07, 6.45) is 1.18. The van der Waals surface area contributed by atoms with E-state index in [1.165, 1.54) is 7.11 Å². The zero-order chi connectivity index (χ0) is 13.2. The highest BCUT2D eigenvalue weighted by Crippen LogP contribution is 2.47. The predicted molar refractivity (Wildman–Crippen MR) is 67.4 cm³/mol. The van der Waals surface area contributed by atoms with Crippen LogP contribution < -0.4 is 15.4 Å². The van der Waals surface area contributed by atoms with Crippen molar-refractivity contribution in [3.05, 3.63) is 24.3 Å². The van der Waals surface area contributed by atoms with Crippen LogP contribution in [0, 0.1) is 5.41 Å². The molecule has 2 amide bonds. The van der Waals surface area contributed by atoms with E-state index in [-0.39, 0.29) is 11.8 Å². The molecule has 0 aromatic heterocycles. The molecule has 1 saturated carbocycles. The summed E-state index contributed by atoms with van der Waals surface area (Å²) in [6, 6.07) is 7.13. The number of anilines is 1. The zero-order valence-electron chi connectivity index (χ0n) is 10.4. The summed E-state index contributed by atoms with van der Waals surface area (Å²) in [7, 11) is 3.08. The monoisotopic (exact) mass is 248 g/mol. The van der Waals surface area contributed by atoms with Gasteiger partial charge in [-0.25, -0.2) is 0 Å². The van der Waals surface area contributed by atoms with Crippen molar-refractivity contribution in [2.24, 2.45) is 5.41 Å². The fourth-order valence-electron chi connectivity index (χ4n) is 1.91. The molecule has 0 saturated heterocycles. The van der Waals surface area contributed by atoms with E-state index in [0.717, 1.165) is 0 Å². The highest BCUT2D eigenvalue weighted by molar-refractivity contribution is 6.13. The molecule has 5 nitrogen and oxygen atoms in total. The number of para-hydroxylation sites is 2. The molecule has 0 spiro atoms. The van der Waals surface area contributed by atoms with Gasteiger partial charge in [-0.05, 0) is 25.0 Å². The molecule has 0 heterocycles. The molecular formula is C13H16N2O3. The minimum atomic E-state index is -0.893. The molecule has 2 rings (SSSR count). The van der Waals surface area contributed by atoms with E-state index in [4.69, 9.17) is 4.74 Å². The molecular weight excluding hydrogens is 232 g/mol. The lowest BCUT2D eigenvalue weighted by atomic mass is 10.1. The van der Waals surface area contributed by atoms with Gasteiger partial charge >= 0.3 is 0 Å². The third kappa shape index (κ3) is 2.03. The van der Waals surface area contributed by atoms with Gasteiger partial charge in [-0.1, -0.05) is 12.1 Å². The van der Waals surface area contributed by atoms with Gasteiger partial charge in [-0.3, -0.25) is 9.59 Å². The lowest BCUT2D eigenvalue weighted by molar-refractivity contribution is -0.134. The number of amides is 2. The lowest BCUT2D eigenvalue weighted by Gasteiger charge is -2.15. The Kier molecular flexibility index (Phi) is 3.23. The molecule has 1 aliphatic rings. The molecule has 0 radical (unpaired) electrons. The van der Waals surface area contributed by atoms with E-state index in [9.17, 15) is 9.59 Å². The fraction of sp³-hybridized carbons (Fsp3) is 0.385. The van der Waals surface area contributed by atoms with Gasteiger partial charge in [0.05, 0.1) is 12.8 Å². The second kappa shape index (κ2) is 4.68. The van der Waals surface area contributed by atoms with Crippen molar-refractivity contribution >= 4 is 17.5 Å². The highest BCUT2D eigenvalue weighted by Gasteiger charge is 2.56. The zero-order valence-corrected chi connectivity index (χ0v) is 10.4. The smallest absolute Gasteiger partial charge is 0.240 e. The van der Waals surface area contributed by atoms with E-state index < -0.39 is 5.41 Å². The van der Waals surface area contributed by atoms with Gasteiger partial charge in [0.1, 0.15) is 11.2 Å². The van der Waals surface area contributed by atoms with Crippen molar-refractivity contribution in [2.75, 3.05) is 19.5 Å². The highest BCUT2D eigenvalue weighted by atomic mass is 16.5. The number of ether oxygens (including phenoxy) is 1. The molecule has 0 unspecified atom stereocenters. The Balaban J connectivity index is 2.15. The van der Waals surface area contributed by atoms with Gasteiger partial charge in [-0.2, -0.15) is 0 Å². The van der Waals surface area contributed by atoms with Crippen LogP contribution in [0.2, 0.25) is 0 Å². The summed E-state index contributed by atoms with van der Waals surface area (Å²) in [5.41, 5.74) is -0.310. The van der Waals surface area contributed by atoms with Crippen molar-refractivity contribution in [3.63, 3.8) is 0 Å². The number of hydrogen-bond acceptors (Lipinski definition) is 3. The molecule has 1 aliphatic carbocycles. The largest absolute Gasteiger partial charge is 0.495 e. The maximum absolute atomic E-state index is 12.1. The lowest BCUT2D eigenvalue weighted by Crippen LogP contribution is -2.38. The van der Waals surface area contributed by atoms with Gasteiger partial charge in [0.2, 0.25) is 11.8 Å². The first kappa shape index (κ1) is 12.4. The van der Waals surface area contributed by atoms with Crippen LogP contribution in [0.1, 0.15) is 12.8 Å². The van der Waals surface area contributed by atoms with Crippen LogP contribution in [0.5, 0.6) is 5.75 Å². The number of hydrogen-bond donors (Lipinski definition) is 2. The Labute approximate surface area is 106 Å². The first-order chi connectivity index (χ1) is 8.64. The molecule has 1 fully saturated rings. The third-order valence-electron chi connectivity index (χ3n) is 3.20. The summed E-state index contributed by atoms with van der Waals surface area (Å²) < 4.78 is 5.15. The number of benzene rings is 1. The second-order valence-corrected chi connectivity index (χ2v) is 4.32. The van der Waals surface area contributed by atoms with Crippen molar-refractivity contribution in [3.8, 4) is 5.75 Å². The molecule has 5 heteroatoms. The maximum Gasteiger partial charge on any atom is 0.240 e. The van der Waals surface area contributed by atoms with Crippen LogP contribution in [0.25, 0.3) is 0 Å². The first-order valence-electron chi connectivity index (χ1n) is 5.81. The van der Waals surface area contributed by atoms with Crippen molar-refractivity contribution in [1.82, 2.24) is 5.32 Å². The average molecular weight is 248 g/mol. The predicted octanol–water partition coefficient (Wildman–Crippen LogP) is 1.16. The normalized spacial score (nSPS) is 15.7. The minimum absolute atomic E-state index is 0.227. The average Bonchev–Trinajstić information content (AvgIpc) is 3.20. The Bertz CT molecular complexity index is 481. The maximum atomic E-state index is 12.1. The Morgan fingerprint density at radius 1 is 1.22 bits per heavy atom. The Morgan fingerprint density at radius 3 is 2.44 bits per heavy atom. The van der Waals surface area contributed by atoms with Crippen molar-refractivity contribution < 1.29 is 14.3 Å². The van der Waals surface area contributed by atoms with Crippen LogP contribution in [0.15, 0.2) is 24.3 Å². The van der Waals surface area contributed by atoms with Gasteiger partial charge in [0.15, 0.2) is 0 Å². The van der Waals surface area contributed by atoms with Crippen LogP contribution in [-0.4, -0.2) is 26.0 Å². The number of rotatable bonds is 4. The topological polar surface area (TPSA) is 67.4 Å². The SMILES string of the molecule is CNC(=O)C1(C(=O)Nc2ccccc2OC)CC1. The molecule has 96 valence electrons. The van der Waals surface area contributed by atoms with Crippen LogP contribution in [0.4, 0.5) is 5.69 Å². The molecule has 0 aliphatic heterocycles. The number of carbonyl (C=O) groups excluding carboxylic acids is 2. The van der Waals surface area contributed by atoms with Crippen LogP contribution in [0.3, 0.4) is 0 Å². The molecule has 2 N–H and O–H groups in total. The molecule has 1 aromatic rings. The first-order valence-corrected chi connectivity index (χ1v) is 5.81. The van der Waals surface area contributed by atoms with E-state index in [0.29, 0.717) is 24.3 Å². The van der Waals surface area contributed by atoms with Crippen LogP contribution >= 0.6 is 0 Å². The third-order valence-corrected chi connectivity index (χ3v) is 3.20. The van der Waals surface area contributed by atoms with Gasteiger partial charge in [-0.15, -0.1) is 0 Å². The van der Waals surface area contributed by atoms with Gasteiger partial charge < -0.3 is 15.4 Å². The van der Waals surface area contributed by atoms with Gasteiger partial charge in [0, 0.05) is 7.05 Å². The van der Waals surface area contributed by atoms with Crippen molar-refractivity contribution in [1.29, 1.82) is 0 Å². The number of nitrogens with one attached hydrogen (secondary N) is 2. The molecule has 1 aromatic carbocycles. The fourth-order valence-corrected chi connectivity index (χ4v) is 1.91. The summed E-state index contributed by atoms with van der Waals surface area (Å²) in [5.74, 6) is 0.0832. The van der Waals surface area contributed by atoms with Gasteiger partial charge in [0.25, 0.3) is 0 Å². The summed E-state index contributed by atoms with van der Waals surface area (Å²) in [5, 5.41) is 5.29. The van der Waals surface area contributed by atoms with E-state index >= 15 is 0 Å². The standard InChI is InChI=1S/C13H16N2O3/c1-14-11(16)13(7-8-13)12(17)15-9-5-3-4-6-10(9)18-2/h3-6H,7-8H2,1-2H3,(H,14,16)(H,15,17). The molecule has 0 atom stereocenters. The summed E-state index contributed by atoms with van der Waals surface area (Å²) in [6.45, 7) is 0. The van der Waals surface area contributed by atoms with Crippen molar-refractivity contribution in [2.45, 2.75) is 12.8 Å². The molecule has 18 heavy (non-hydrogen) atoms. The number of methoxy groups -OCH3 is 1. The number of carbonyl (C=O) groups is 2. The van der Waals surface area contributed by atoms with E-state index in [2.05, 4.69) is 10.6 Å².